The fourth-order valence-electron chi connectivity index (χ4n) is 2.56. The third-order valence-electron chi connectivity index (χ3n) is 4.26. The van der Waals surface area contributed by atoms with E-state index >= 15 is 0 Å². The average molecular weight is 368 g/mol. The van der Waals surface area contributed by atoms with Crippen molar-refractivity contribution in [2.45, 2.75) is 0 Å². The third-order valence-corrected chi connectivity index (χ3v) is 4.26. The van der Waals surface area contributed by atoms with Gasteiger partial charge in [0.05, 0.1) is 14.2 Å². The van der Waals surface area contributed by atoms with Gasteiger partial charge in [0.2, 0.25) is 0 Å². The predicted molar refractivity (Wildman–Crippen MR) is 111 cm³/mol. The first-order chi connectivity index (χ1) is 12.9. The Hall–Kier alpha value is -2.79. The largest absolute Gasteiger partial charge is 0.497 e. The molecule has 0 radical (unpaired) electrons. The molecule has 27 heavy (non-hydrogen) atoms. The van der Waals surface area contributed by atoms with Gasteiger partial charge in [-0.25, -0.2) is 0 Å². The molecule has 0 saturated heterocycles. The van der Waals surface area contributed by atoms with Gasteiger partial charge in [0, 0.05) is 37.5 Å². The van der Waals surface area contributed by atoms with E-state index in [2.05, 4.69) is 43.1 Å². The van der Waals surface area contributed by atoms with Crippen LogP contribution >= 0.6 is 0 Å². The second-order valence-electron chi connectivity index (χ2n) is 6.62. The molecule has 0 amide bonds. The number of benzene rings is 2. The number of likely N-dealkylation sites (N-methyl/N-ethyl adjacent to an activating group) is 2. The molecule has 5 nitrogen and oxygen atoms in total. The monoisotopic (exact) mass is 368 g/mol. The molecule has 0 N–H and O–H groups in total. The molecule has 0 aliphatic carbocycles. The number of nitrogens with zero attached hydrogens (tertiary/aromatic N) is 2. The van der Waals surface area contributed by atoms with Crippen LogP contribution in [0, 0.1) is 0 Å². The van der Waals surface area contributed by atoms with Gasteiger partial charge in [-0.05, 0) is 50.0 Å². The molecule has 5 heteroatoms. The molecule has 0 aromatic heterocycles. The van der Waals surface area contributed by atoms with Crippen molar-refractivity contribution in [3.63, 3.8) is 0 Å². The van der Waals surface area contributed by atoms with Gasteiger partial charge in [0.25, 0.3) is 0 Å². The highest BCUT2D eigenvalue weighted by Gasteiger charge is 2.08. The maximum atomic E-state index is 12.5. The van der Waals surface area contributed by atoms with Crippen LogP contribution < -0.4 is 14.4 Å². The highest BCUT2D eigenvalue weighted by Crippen LogP contribution is 2.23. The molecule has 2 aromatic carbocycles. The number of ether oxygens (including phenoxy) is 2. The number of rotatable bonds is 9. The SMILES string of the molecule is COc1cc(OC)cc(C(=O)/C=C/c2cccc(N(C)CCN(C)C)c2)c1. The van der Waals surface area contributed by atoms with Gasteiger partial charge in [0.15, 0.2) is 5.78 Å². The van der Waals surface area contributed by atoms with E-state index in [1.54, 1.807) is 38.5 Å². The quantitative estimate of drug-likeness (QED) is 0.500. The van der Waals surface area contributed by atoms with Crippen molar-refractivity contribution in [2.24, 2.45) is 0 Å². The zero-order valence-corrected chi connectivity index (χ0v) is 16.7. The molecule has 2 aromatic rings. The maximum Gasteiger partial charge on any atom is 0.186 e. The molecule has 0 bridgehead atoms. The number of ketones is 1. The Morgan fingerprint density at radius 1 is 0.963 bits per heavy atom. The normalized spacial score (nSPS) is 11.0. The van der Waals surface area contributed by atoms with Crippen LogP contribution in [0.5, 0.6) is 11.5 Å². The summed E-state index contributed by atoms with van der Waals surface area (Å²) in [6.45, 7) is 1.91. The van der Waals surface area contributed by atoms with Gasteiger partial charge < -0.3 is 19.3 Å². The molecular weight excluding hydrogens is 340 g/mol. The predicted octanol–water partition coefficient (Wildman–Crippen LogP) is 3.60. The number of carbonyl (C=O) groups excluding carboxylic acids is 1. The Bertz CT molecular complexity index is 778. The van der Waals surface area contributed by atoms with Crippen LogP contribution in [0.3, 0.4) is 0 Å². The lowest BCUT2D eigenvalue weighted by molar-refractivity contribution is 0.104. The number of hydrogen-bond donors (Lipinski definition) is 0. The van der Waals surface area contributed by atoms with Gasteiger partial charge in [0.1, 0.15) is 11.5 Å². The Kier molecular flexibility index (Phi) is 7.44. The molecule has 0 heterocycles. The van der Waals surface area contributed by atoms with E-state index in [1.807, 2.05) is 18.2 Å². The highest BCUT2D eigenvalue weighted by molar-refractivity contribution is 6.07. The first kappa shape index (κ1) is 20.5. The van der Waals surface area contributed by atoms with E-state index in [-0.39, 0.29) is 5.78 Å². The van der Waals surface area contributed by atoms with Crippen LogP contribution in [0.1, 0.15) is 15.9 Å². The van der Waals surface area contributed by atoms with Gasteiger partial charge in [-0.3, -0.25) is 4.79 Å². The second kappa shape index (κ2) is 9.78. The number of allylic oxidation sites excluding steroid dienone is 1. The van der Waals surface area contributed by atoms with Crippen molar-refractivity contribution >= 4 is 17.5 Å². The Morgan fingerprint density at radius 3 is 2.22 bits per heavy atom. The minimum absolute atomic E-state index is 0.0986. The van der Waals surface area contributed by atoms with Crippen LogP contribution in [0.25, 0.3) is 6.08 Å². The molecule has 0 atom stereocenters. The Morgan fingerprint density at radius 2 is 1.63 bits per heavy atom. The molecular formula is C22H28N2O3. The van der Waals surface area contributed by atoms with Gasteiger partial charge >= 0.3 is 0 Å². The summed E-state index contributed by atoms with van der Waals surface area (Å²) in [5.74, 6) is 1.09. The van der Waals surface area contributed by atoms with Crippen molar-refractivity contribution in [1.29, 1.82) is 0 Å². The molecule has 0 saturated carbocycles. The summed E-state index contributed by atoms with van der Waals surface area (Å²) in [7, 11) is 9.33. The van der Waals surface area contributed by atoms with Crippen molar-refractivity contribution < 1.29 is 14.3 Å². The number of anilines is 1. The van der Waals surface area contributed by atoms with Crippen LogP contribution in [-0.4, -0.2) is 59.1 Å². The van der Waals surface area contributed by atoms with Crippen molar-refractivity contribution in [2.75, 3.05) is 53.4 Å². The summed E-state index contributed by atoms with van der Waals surface area (Å²) < 4.78 is 10.5. The van der Waals surface area contributed by atoms with Crippen molar-refractivity contribution in [3.05, 3.63) is 59.7 Å². The van der Waals surface area contributed by atoms with E-state index in [0.717, 1.165) is 24.3 Å². The van der Waals surface area contributed by atoms with Crippen molar-refractivity contribution in [1.82, 2.24) is 4.90 Å². The summed E-state index contributed by atoms with van der Waals surface area (Å²) in [6.07, 6.45) is 3.41. The van der Waals surface area contributed by atoms with E-state index < -0.39 is 0 Å². The standard InChI is InChI=1S/C22H28N2O3/c1-23(2)11-12-24(3)19-8-6-7-17(13-19)9-10-22(25)18-14-20(26-4)16-21(15-18)27-5/h6-10,13-16H,11-12H2,1-5H3/b10-9+. The lowest BCUT2D eigenvalue weighted by Gasteiger charge is -2.21. The first-order valence-corrected chi connectivity index (χ1v) is 8.84. The summed E-state index contributed by atoms with van der Waals surface area (Å²) in [5, 5.41) is 0. The van der Waals surface area contributed by atoms with Crippen molar-refractivity contribution in [3.8, 4) is 11.5 Å². The zero-order valence-electron chi connectivity index (χ0n) is 16.7. The van der Waals surface area contributed by atoms with Gasteiger partial charge in [-0.2, -0.15) is 0 Å². The third kappa shape index (κ3) is 6.15. The zero-order chi connectivity index (χ0) is 19.8. The molecule has 0 aliphatic rings. The van der Waals surface area contributed by atoms with Gasteiger partial charge in [-0.15, -0.1) is 0 Å². The fourth-order valence-corrected chi connectivity index (χ4v) is 2.56. The summed E-state index contributed by atoms with van der Waals surface area (Å²) in [4.78, 5) is 16.9. The van der Waals surface area contributed by atoms with Crippen LogP contribution in [0.4, 0.5) is 5.69 Å². The molecule has 2 rings (SSSR count). The molecule has 144 valence electrons. The van der Waals surface area contributed by atoms with Crippen LogP contribution in [-0.2, 0) is 0 Å². The molecule has 0 aliphatic heterocycles. The topological polar surface area (TPSA) is 42.0 Å². The second-order valence-corrected chi connectivity index (χ2v) is 6.62. The lowest BCUT2D eigenvalue weighted by Crippen LogP contribution is -2.28. The summed E-state index contributed by atoms with van der Waals surface area (Å²) in [5.41, 5.74) is 2.63. The number of hydrogen-bond acceptors (Lipinski definition) is 5. The first-order valence-electron chi connectivity index (χ1n) is 8.84. The van der Waals surface area contributed by atoms with Crippen LogP contribution in [0.15, 0.2) is 48.5 Å². The van der Waals surface area contributed by atoms with Crippen LogP contribution in [0.2, 0.25) is 0 Å². The van der Waals surface area contributed by atoms with E-state index in [9.17, 15) is 4.79 Å². The maximum absolute atomic E-state index is 12.5. The highest BCUT2D eigenvalue weighted by atomic mass is 16.5. The summed E-state index contributed by atoms with van der Waals surface area (Å²) in [6, 6.07) is 13.3. The molecule has 0 spiro atoms. The average Bonchev–Trinajstić information content (AvgIpc) is 2.69. The minimum Gasteiger partial charge on any atom is -0.497 e. The number of methoxy groups -OCH3 is 2. The lowest BCUT2D eigenvalue weighted by atomic mass is 10.1. The summed E-state index contributed by atoms with van der Waals surface area (Å²) >= 11 is 0. The Balaban J connectivity index is 2.13. The minimum atomic E-state index is -0.0986. The van der Waals surface area contributed by atoms with E-state index in [0.29, 0.717) is 17.1 Å². The molecule has 0 fully saturated rings. The molecule has 0 unspecified atom stereocenters. The number of carbonyl (C=O) groups is 1. The Labute approximate surface area is 161 Å². The smallest absolute Gasteiger partial charge is 0.186 e. The van der Waals surface area contributed by atoms with E-state index in [4.69, 9.17) is 9.47 Å². The van der Waals surface area contributed by atoms with Gasteiger partial charge in [-0.1, -0.05) is 18.2 Å². The van der Waals surface area contributed by atoms with E-state index in [1.165, 1.54) is 0 Å². The fraction of sp³-hybridized carbons (Fsp3) is 0.318.